The van der Waals surface area contributed by atoms with E-state index in [-0.39, 0.29) is 11.9 Å². The summed E-state index contributed by atoms with van der Waals surface area (Å²) in [7, 11) is 0. The quantitative estimate of drug-likeness (QED) is 0.446. The minimum absolute atomic E-state index is 0.180. The SMILES string of the molecule is NNC(=O)C1CCCN1c1cccc2nonc12. The molecular formula is C11H13N5O2. The molecule has 1 aromatic carbocycles. The minimum Gasteiger partial charge on any atom is -0.358 e. The van der Waals surface area contributed by atoms with Crippen LogP contribution in [0.25, 0.3) is 11.0 Å². The molecule has 3 N–H and O–H groups in total. The van der Waals surface area contributed by atoms with E-state index in [1.807, 2.05) is 23.1 Å². The second-order valence-electron chi connectivity index (χ2n) is 4.27. The Morgan fingerprint density at radius 2 is 2.39 bits per heavy atom. The van der Waals surface area contributed by atoms with Crippen molar-refractivity contribution in [2.24, 2.45) is 5.84 Å². The van der Waals surface area contributed by atoms with Gasteiger partial charge in [-0.2, -0.15) is 0 Å². The molecular weight excluding hydrogens is 234 g/mol. The van der Waals surface area contributed by atoms with Gasteiger partial charge < -0.3 is 4.90 Å². The van der Waals surface area contributed by atoms with E-state index in [2.05, 4.69) is 15.7 Å². The predicted molar refractivity (Wildman–Crippen MR) is 64.5 cm³/mol. The van der Waals surface area contributed by atoms with Crippen LogP contribution in [0.4, 0.5) is 5.69 Å². The summed E-state index contributed by atoms with van der Waals surface area (Å²) in [6, 6.07) is 5.35. The zero-order valence-electron chi connectivity index (χ0n) is 9.67. The molecule has 1 saturated heterocycles. The zero-order chi connectivity index (χ0) is 12.5. The van der Waals surface area contributed by atoms with Crippen LogP contribution in [0.5, 0.6) is 0 Å². The summed E-state index contributed by atoms with van der Waals surface area (Å²) in [5.41, 5.74) is 4.43. The number of amides is 1. The average Bonchev–Trinajstić information content (AvgIpc) is 3.05. The Bertz CT molecular complexity index is 582. The van der Waals surface area contributed by atoms with Crippen molar-refractivity contribution in [2.45, 2.75) is 18.9 Å². The standard InChI is InChI=1S/C11H13N5O2/c12-13-11(17)9-5-2-6-16(9)8-4-1-3-7-10(8)15-18-14-7/h1,3-4,9H,2,5-6,12H2,(H,13,17). The van der Waals surface area contributed by atoms with Crippen molar-refractivity contribution in [2.75, 3.05) is 11.4 Å². The lowest BCUT2D eigenvalue weighted by Crippen LogP contribution is -2.46. The number of rotatable bonds is 2. The van der Waals surface area contributed by atoms with Crippen LogP contribution in [0.15, 0.2) is 22.8 Å². The van der Waals surface area contributed by atoms with Gasteiger partial charge in [0.05, 0.1) is 5.69 Å². The molecule has 3 rings (SSSR count). The van der Waals surface area contributed by atoms with E-state index < -0.39 is 0 Å². The van der Waals surface area contributed by atoms with E-state index in [0.717, 1.165) is 25.1 Å². The highest BCUT2D eigenvalue weighted by Gasteiger charge is 2.31. The molecule has 1 aliphatic heterocycles. The molecule has 0 bridgehead atoms. The molecule has 94 valence electrons. The Hall–Kier alpha value is -2.15. The normalized spacial score (nSPS) is 19.4. The van der Waals surface area contributed by atoms with Crippen molar-refractivity contribution >= 4 is 22.6 Å². The Morgan fingerprint density at radius 3 is 3.22 bits per heavy atom. The lowest BCUT2D eigenvalue weighted by Gasteiger charge is -2.25. The number of benzene rings is 1. The molecule has 1 aromatic heterocycles. The first-order valence-electron chi connectivity index (χ1n) is 5.79. The molecule has 1 unspecified atom stereocenters. The third-order valence-corrected chi connectivity index (χ3v) is 3.27. The van der Waals surface area contributed by atoms with Gasteiger partial charge in [-0.05, 0) is 35.3 Å². The summed E-state index contributed by atoms with van der Waals surface area (Å²) < 4.78 is 4.74. The van der Waals surface area contributed by atoms with Crippen molar-refractivity contribution in [3.63, 3.8) is 0 Å². The van der Waals surface area contributed by atoms with Crippen molar-refractivity contribution < 1.29 is 9.42 Å². The first-order valence-corrected chi connectivity index (χ1v) is 5.79. The Balaban J connectivity index is 2.03. The second kappa shape index (κ2) is 4.26. The summed E-state index contributed by atoms with van der Waals surface area (Å²) in [6.45, 7) is 0.796. The van der Waals surface area contributed by atoms with Crippen LogP contribution in [0.2, 0.25) is 0 Å². The molecule has 1 fully saturated rings. The molecule has 2 aromatic rings. The van der Waals surface area contributed by atoms with Crippen molar-refractivity contribution in [1.29, 1.82) is 0 Å². The number of nitrogens with two attached hydrogens (primary N) is 1. The maximum atomic E-state index is 11.7. The molecule has 0 radical (unpaired) electrons. The van der Waals surface area contributed by atoms with Crippen LogP contribution in [0, 0.1) is 0 Å². The molecule has 2 heterocycles. The maximum Gasteiger partial charge on any atom is 0.256 e. The van der Waals surface area contributed by atoms with Crippen LogP contribution in [-0.4, -0.2) is 28.8 Å². The smallest absolute Gasteiger partial charge is 0.256 e. The number of hydrogen-bond acceptors (Lipinski definition) is 6. The lowest BCUT2D eigenvalue weighted by atomic mass is 10.2. The van der Waals surface area contributed by atoms with E-state index >= 15 is 0 Å². The lowest BCUT2D eigenvalue weighted by molar-refractivity contribution is -0.122. The Morgan fingerprint density at radius 1 is 1.50 bits per heavy atom. The fraction of sp³-hybridized carbons (Fsp3) is 0.364. The van der Waals surface area contributed by atoms with Crippen molar-refractivity contribution in [3.8, 4) is 0 Å². The number of aromatic nitrogens is 2. The highest BCUT2D eigenvalue weighted by Crippen LogP contribution is 2.30. The molecule has 7 nitrogen and oxygen atoms in total. The Labute approximate surface area is 103 Å². The fourth-order valence-corrected chi connectivity index (χ4v) is 2.45. The summed E-state index contributed by atoms with van der Waals surface area (Å²) >= 11 is 0. The van der Waals surface area contributed by atoms with Crippen LogP contribution in [-0.2, 0) is 4.79 Å². The van der Waals surface area contributed by atoms with E-state index in [4.69, 9.17) is 10.5 Å². The van der Waals surface area contributed by atoms with Gasteiger partial charge in [0.15, 0.2) is 5.52 Å². The van der Waals surface area contributed by atoms with Gasteiger partial charge in [0.2, 0.25) is 0 Å². The molecule has 1 atom stereocenters. The van der Waals surface area contributed by atoms with E-state index in [1.54, 1.807) is 0 Å². The average molecular weight is 247 g/mol. The molecule has 0 saturated carbocycles. The number of fused-ring (bicyclic) bond motifs is 1. The highest BCUT2D eigenvalue weighted by atomic mass is 16.6. The maximum absolute atomic E-state index is 11.7. The van der Waals surface area contributed by atoms with Gasteiger partial charge in [-0.15, -0.1) is 0 Å². The van der Waals surface area contributed by atoms with Crippen LogP contribution >= 0.6 is 0 Å². The van der Waals surface area contributed by atoms with E-state index in [0.29, 0.717) is 11.0 Å². The number of anilines is 1. The third kappa shape index (κ3) is 1.60. The van der Waals surface area contributed by atoms with Gasteiger partial charge in [-0.3, -0.25) is 10.2 Å². The summed E-state index contributed by atoms with van der Waals surface area (Å²) in [4.78, 5) is 13.7. The van der Waals surface area contributed by atoms with Gasteiger partial charge in [0.25, 0.3) is 5.91 Å². The van der Waals surface area contributed by atoms with Crippen LogP contribution in [0.3, 0.4) is 0 Å². The number of carbonyl (C=O) groups is 1. The zero-order valence-corrected chi connectivity index (χ0v) is 9.67. The molecule has 0 aliphatic carbocycles. The molecule has 0 spiro atoms. The number of nitrogens with one attached hydrogen (secondary N) is 1. The van der Waals surface area contributed by atoms with Gasteiger partial charge in [0.1, 0.15) is 11.6 Å². The van der Waals surface area contributed by atoms with Gasteiger partial charge in [-0.25, -0.2) is 10.5 Å². The summed E-state index contributed by atoms with van der Waals surface area (Å²) in [5.74, 6) is 5.03. The third-order valence-electron chi connectivity index (χ3n) is 3.27. The summed E-state index contributed by atoms with van der Waals surface area (Å²) in [5, 5.41) is 7.69. The highest BCUT2D eigenvalue weighted by molar-refractivity contribution is 5.92. The second-order valence-corrected chi connectivity index (χ2v) is 4.27. The summed E-state index contributed by atoms with van der Waals surface area (Å²) in [6.07, 6.45) is 1.73. The number of hydrogen-bond donors (Lipinski definition) is 2. The van der Waals surface area contributed by atoms with Gasteiger partial charge in [0, 0.05) is 6.54 Å². The first kappa shape index (κ1) is 11.0. The van der Waals surface area contributed by atoms with Crippen molar-refractivity contribution in [3.05, 3.63) is 18.2 Å². The van der Waals surface area contributed by atoms with Crippen LogP contribution in [0.1, 0.15) is 12.8 Å². The van der Waals surface area contributed by atoms with Crippen LogP contribution < -0.4 is 16.2 Å². The fourth-order valence-electron chi connectivity index (χ4n) is 2.45. The van der Waals surface area contributed by atoms with Crippen molar-refractivity contribution in [1.82, 2.24) is 15.7 Å². The molecule has 1 aliphatic rings. The monoisotopic (exact) mass is 247 g/mol. The van der Waals surface area contributed by atoms with E-state index in [1.165, 1.54) is 0 Å². The Kier molecular flexibility index (Phi) is 2.60. The number of nitrogens with zero attached hydrogens (tertiary/aromatic N) is 3. The number of hydrazine groups is 1. The minimum atomic E-state index is -0.253. The van der Waals surface area contributed by atoms with E-state index in [9.17, 15) is 4.79 Å². The van der Waals surface area contributed by atoms with Gasteiger partial charge >= 0.3 is 0 Å². The molecule has 18 heavy (non-hydrogen) atoms. The topological polar surface area (TPSA) is 97.3 Å². The molecule has 7 heteroatoms. The van der Waals surface area contributed by atoms with Gasteiger partial charge in [-0.1, -0.05) is 6.07 Å². The number of carbonyl (C=O) groups excluding carboxylic acids is 1. The largest absolute Gasteiger partial charge is 0.358 e. The first-order chi connectivity index (χ1) is 8.81. The predicted octanol–water partition coefficient (Wildman–Crippen LogP) is 0.181. The molecule has 1 amide bonds.